The molecule has 0 unspecified atom stereocenters. The van der Waals surface area contributed by atoms with Gasteiger partial charge in [0.1, 0.15) is 0 Å². The molecule has 0 aliphatic heterocycles. The zero-order valence-corrected chi connectivity index (χ0v) is 5.06. The van der Waals surface area contributed by atoms with Crippen LogP contribution in [0.2, 0.25) is 12.6 Å². The van der Waals surface area contributed by atoms with Crippen molar-refractivity contribution in [3.8, 4) is 0 Å². The zero-order valence-electron chi connectivity index (χ0n) is 5.06. The van der Waals surface area contributed by atoms with E-state index in [2.05, 4.69) is 0 Å². The van der Waals surface area contributed by atoms with Gasteiger partial charge in [0.05, 0.1) is 0 Å². The molecule has 0 aromatic rings. The lowest BCUT2D eigenvalue weighted by atomic mass is 9.76. The molecule has 4 nitrogen and oxygen atoms in total. The van der Waals surface area contributed by atoms with Gasteiger partial charge in [-0.05, 0) is 12.6 Å². The summed E-state index contributed by atoms with van der Waals surface area (Å²) in [5.41, 5.74) is 0. The van der Waals surface area contributed by atoms with Gasteiger partial charge in [-0.15, -0.1) is 0 Å². The second-order valence-electron chi connectivity index (χ2n) is 1.89. The summed E-state index contributed by atoms with van der Waals surface area (Å²) in [4.78, 5) is 0. The Hall–Kier alpha value is -0.0301. The SMILES string of the molecule is OB(O)CCCB(O)O. The highest BCUT2D eigenvalue weighted by Gasteiger charge is 2.10. The van der Waals surface area contributed by atoms with Gasteiger partial charge in [0.25, 0.3) is 0 Å². The van der Waals surface area contributed by atoms with Crippen LogP contribution in [-0.2, 0) is 0 Å². The Bertz CT molecular complexity index is 58.8. The molecule has 0 atom stereocenters. The molecule has 4 N–H and O–H groups in total. The van der Waals surface area contributed by atoms with Gasteiger partial charge in [-0.1, -0.05) is 6.42 Å². The predicted molar refractivity (Wildman–Crippen MR) is 34.6 cm³/mol. The minimum Gasteiger partial charge on any atom is -0.427 e. The van der Waals surface area contributed by atoms with Gasteiger partial charge >= 0.3 is 14.2 Å². The molecule has 6 heteroatoms. The molecule has 0 aromatic heterocycles. The highest BCUT2D eigenvalue weighted by atomic mass is 16.4. The maximum absolute atomic E-state index is 8.26. The third kappa shape index (κ3) is 7.97. The van der Waals surface area contributed by atoms with Crippen LogP contribution in [0.25, 0.3) is 0 Å². The third-order valence-corrected chi connectivity index (χ3v) is 0.925. The maximum Gasteiger partial charge on any atom is 0.451 e. The summed E-state index contributed by atoms with van der Waals surface area (Å²) < 4.78 is 0. The first-order valence-corrected chi connectivity index (χ1v) is 2.85. The van der Waals surface area contributed by atoms with Crippen molar-refractivity contribution in [2.75, 3.05) is 0 Å². The molecule has 9 heavy (non-hydrogen) atoms. The van der Waals surface area contributed by atoms with Crippen LogP contribution in [-0.4, -0.2) is 34.3 Å². The Morgan fingerprint density at radius 3 is 1.33 bits per heavy atom. The number of hydrogen-bond acceptors (Lipinski definition) is 4. The Balaban J connectivity index is 2.91. The van der Waals surface area contributed by atoms with Crippen LogP contribution < -0.4 is 0 Å². The highest BCUT2D eigenvalue weighted by Crippen LogP contribution is 1.98. The number of rotatable bonds is 4. The fraction of sp³-hybridized carbons (Fsp3) is 1.00. The van der Waals surface area contributed by atoms with E-state index in [1.807, 2.05) is 0 Å². The highest BCUT2D eigenvalue weighted by molar-refractivity contribution is 6.42. The minimum absolute atomic E-state index is 0.192. The minimum atomic E-state index is -1.33. The van der Waals surface area contributed by atoms with E-state index in [0.717, 1.165) is 0 Å². The molecular weight excluding hydrogens is 122 g/mol. The summed E-state index contributed by atoms with van der Waals surface area (Å²) in [7, 11) is -2.66. The average molecular weight is 132 g/mol. The van der Waals surface area contributed by atoms with E-state index in [0.29, 0.717) is 6.42 Å². The van der Waals surface area contributed by atoms with Crippen molar-refractivity contribution < 1.29 is 20.1 Å². The average Bonchev–Trinajstić information content (AvgIpc) is 1.63. The van der Waals surface area contributed by atoms with Crippen LogP contribution in [0.15, 0.2) is 0 Å². The number of hydrogen-bond donors (Lipinski definition) is 4. The van der Waals surface area contributed by atoms with Crippen molar-refractivity contribution in [1.82, 2.24) is 0 Å². The molecule has 52 valence electrons. The van der Waals surface area contributed by atoms with Crippen LogP contribution in [0.5, 0.6) is 0 Å². The molecule has 0 heterocycles. The smallest absolute Gasteiger partial charge is 0.427 e. The fourth-order valence-corrected chi connectivity index (χ4v) is 0.483. The quantitative estimate of drug-likeness (QED) is 0.344. The Labute approximate surface area is 54.4 Å². The lowest BCUT2D eigenvalue weighted by molar-refractivity contribution is 0.394. The molecule has 0 radical (unpaired) electrons. The monoisotopic (exact) mass is 132 g/mol. The molecule has 0 fully saturated rings. The molecular formula is C3H10B2O4. The first kappa shape index (κ1) is 8.97. The Kier molecular flexibility index (Phi) is 4.80. The third-order valence-electron chi connectivity index (χ3n) is 0.925. The van der Waals surface area contributed by atoms with Crippen LogP contribution in [0, 0.1) is 0 Å². The maximum atomic E-state index is 8.26. The van der Waals surface area contributed by atoms with Gasteiger partial charge < -0.3 is 20.1 Å². The van der Waals surface area contributed by atoms with Crippen molar-refractivity contribution in [1.29, 1.82) is 0 Å². The summed E-state index contributed by atoms with van der Waals surface area (Å²) in [5.74, 6) is 0. The van der Waals surface area contributed by atoms with Crippen LogP contribution in [0.1, 0.15) is 6.42 Å². The van der Waals surface area contributed by atoms with Gasteiger partial charge in [0, 0.05) is 0 Å². The summed E-state index contributed by atoms with van der Waals surface area (Å²) >= 11 is 0. The summed E-state index contributed by atoms with van der Waals surface area (Å²) in [6.45, 7) is 0. The zero-order chi connectivity index (χ0) is 7.28. The van der Waals surface area contributed by atoms with Crippen molar-refractivity contribution in [3.05, 3.63) is 0 Å². The predicted octanol–water partition coefficient (Wildman–Crippen LogP) is -1.68. The van der Waals surface area contributed by atoms with Crippen molar-refractivity contribution in [2.24, 2.45) is 0 Å². The fourth-order valence-electron chi connectivity index (χ4n) is 0.483. The summed E-state index contributed by atoms with van der Waals surface area (Å²) in [6.07, 6.45) is 0.796. The molecule has 0 aliphatic carbocycles. The van der Waals surface area contributed by atoms with E-state index in [4.69, 9.17) is 20.1 Å². The summed E-state index contributed by atoms with van der Waals surface area (Å²) in [5, 5.41) is 33.0. The van der Waals surface area contributed by atoms with E-state index >= 15 is 0 Å². The standard InChI is InChI=1S/C3H10B2O4/c6-4(7)2-1-3-5(8)9/h6-9H,1-3H2. The normalized spacial score (nSPS) is 9.33. The lowest BCUT2D eigenvalue weighted by Gasteiger charge is -1.96. The van der Waals surface area contributed by atoms with Crippen molar-refractivity contribution >= 4 is 14.2 Å². The van der Waals surface area contributed by atoms with Gasteiger partial charge in [-0.2, -0.15) is 0 Å². The molecule has 0 spiro atoms. The van der Waals surface area contributed by atoms with Gasteiger partial charge in [0.2, 0.25) is 0 Å². The molecule has 0 aliphatic rings. The molecule has 0 rings (SSSR count). The van der Waals surface area contributed by atoms with Crippen molar-refractivity contribution in [3.63, 3.8) is 0 Å². The molecule has 0 saturated heterocycles. The molecule has 0 bridgehead atoms. The van der Waals surface area contributed by atoms with Crippen LogP contribution in [0.4, 0.5) is 0 Å². The van der Waals surface area contributed by atoms with E-state index in [1.165, 1.54) is 0 Å². The van der Waals surface area contributed by atoms with E-state index in [1.54, 1.807) is 0 Å². The van der Waals surface area contributed by atoms with E-state index < -0.39 is 14.2 Å². The molecule has 0 aromatic carbocycles. The lowest BCUT2D eigenvalue weighted by Crippen LogP contribution is -2.14. The summed E-state index contributed by atoms with van der Waals surface area (Å²) in [6, 6.07) is 0. The van der Waals surface area contributed by atoms with Gasteiger partial charge in [-0.25, -0.2) is 0 Å². The Morgan fingerprint density at radius 2 is 1.11 bits per heavy atom. The van der Waals surface area contributed by atoms with E-state index in [9.17, 15) is 0 Å². The second kappa shape index (κ2) is 4.81. The topological polar surface area (TPSA) is 80.9 Å². The largest absolute Gasteiger partial charge is 0.451 e. The molecule has 0 amide bonds. The van der Waals surface area contributed by atoms with Crippen LogP contribution in [0.3, 0.4) is 0 Å². The Morgan fingerprint density at radius 1 is 0.778 bits per heavy atom. The van der Waals surface area contributed by atoms with Crippen molar-refractivity contribution in [2.45, 2.75) is 19.1 Å². The first-order chi connectivity index (χ1) is 4.13. The van der Waals surface area contributed by atoms with Gasteiger partial charge in [0.15, 0.2) is 0 Å². The molecule has 0 saturated carbocycles. The first-order valence-electron chi connectivity index (χ1n) is 2.85. The van der Waals surface area contributed by atoms with E-state index in [-0.39, 0.29) is 12.6 Å². The van der Waals surface area contributed by atoms with Gasteiger partial charge in [-0.3, -0.25) is 0 Å². The second-order valence-corrected chi connectivity index (χ2v) is 1.89. The van der Waals surface area contributed by atoms with Crippen LogP contribution >= 0.6 is 0 Å².